The Kier molecular flexibility index (Phi) is 10.2. The number of benzene rings is 2. The summed E-state index contributed by atoms with van der Waals surface area (Å²) in [6.07, 6.45) is -3.56. The summed E-state index contributed by atoms with van der Waals surface area (Å²) in [5, 5.41) is 3.75. The first-order chi connectivity index (χ1) is 15.6. The van der Waals surface area contributed by atoms with Gasteiger partial charge in [-0.05, 0) is 49.6 Å². The summed E-state index contributed by atoms with van der Waals surface area (Å²) in [6.45, 7) is 12.9. The molecule has 5 nitrogen and oxygen atoms in total. The molecule has 4 rings (SSSR count). The van der Waals surface area contributed by atoms with Gasteiger partial charge in [0.2, 0.25) is 5.95 Å². The number of carbonyl (C=O) groups excluding carboxylic acids is 1. The van der Waals surface area contributed by atoms with Gasteiger partial charge in [0.1, 0.15) is 0 Å². The molecule has 0 saturated heterocycles. The summed E-state index contributed by atoms with van der Waals surface area (Å²) >= 11 is 0. The molecule has 3 aromatic rings. The van der Waals surface area contributed by atoms with Crippen LogP contribution in [-0.4, -0.2) is 21.9 Å². The van der Waals surface area contributed by atoms with Crippen molar-refractivity contribution in [1.29, 1.82) is 0 Å². The van der Waals surface area contributed by atoms with Crippen LogP contribution in [0.15, 0.2) is 42.5 Å². The molecule has 8 heteroatoms. The summed E-state index contributed by atoms with van der Waals surface area (Å²) in [4.78, 5) is 10.8. The number of ether oxygens (including phenoxy) is 2. The van der Waals surface area contributed by atoms with Crippen molar-refractivity contribution in [2.75, 3.05) is 0 Å². The Labute approximate surface area is 193 Å². The number of nitrogens with zero attached hydrogens (tertiary/aromatic N) is 2. The number of ketones is 1. The molecule has 0 atom stereocenters. The molecule has 1 aliphatic rings. The molecule has 180 valence electrons. The lowest BCUT2D eigenvalue weighted by molar-refractivity contribution is -0.286. The summed E-state index contributed by atoms with van der Waals surface area (Å²) in [5.41, 5.74) is 3.42. The highest BCUT2D eigenvalue weighted by atomic mass is 19.3. The lowest BCUT2D eigenvalue weighted by atomic mass is 10.0. The fraction of sp³-hybridized carbons (Fsp3) is 0.360. The number of rotatable bonds is 2. The molecule has 0 aliphatic carbocycles. The number of carbonyl (C=O) groups is 1. The summed E-state index contributed by atoms with van der Waals surface area (Å²) in [6, 6.07) is 12.5. The maximum atomic E-state index is 13.0. The van der Waals surface area contributed by atoms with Gasteiger partial charge < -0.3 is 9.47 Å². The van der Waals surface area contributed by atoms with E-state index >= 15 is 0 Å². The van der Waals surface area contributed by atoms with Crippen molar-refractivity contribution >= 4 is 5.78 Å². The molecular formula is C25H31F3N2O3. The molecule has 0 amide bonds. The standard InChI is InChI=1S/C14H10F2O2.C7H9FN2O.2C2H6/c1-9-4-2-3-5-11(9)10-6-7-12-13(8-10)18-14(15,16)17-12;1-4-6(5(2)11)7(8)10(3)9-4;2*1-2/h2-8H,1H3;1-3H3;2*1-2H3. The van der Waals surface area contributed by atoms with Crippen molar-refractivity contribution in [3.63, 3.8) is 0 Å². The first-order valence-electron chi connectivity index (χ1n) is 10.7. The van der Waals surface area contributed by atoms with Crippen molar-refractivity contribution < 1.29 is 27.4 Å². The van der Waals surface area contributed by atoms with Crippen LogP contribution in [0.2, 0.25) is 0 Å². The predicted molar refractivity (Wildman–Crippen MR) is 123 cm³/mol. The Hall–Kier alpha value is -3.29. The van der Waals surface area contributed by atoms with Crippen LogP contribution in [0.3, 0.4) is 0 Å². The number of alkyl halides is 2. The van der Waals surface area contributed by atoms with Gasteiger partial charge in [-0.15, -0.1) is 8.78 Å². The topological polar surface area (TPSA) is 53.4 Å². The lowest BCUT2D eigenvalue weighted by Gasteiger charge is -2.06. The van der Waals surface area contributed by atoms with Gasteiger partial charge in [-0.25, -0.2) is 4.68 Å². The fourth-order valence-electron chi connectivity index (χ4n) is 3.04. The normalized spacial score (nSPS) is 12.3. The SMILES string of the molecule is CC.CC.CC(=O)c1c(C)nn(C)c1F.Cc1ccccc1-c1ccc2c(c1)OC(F)(F)O2. The molecule has 0 N–H and O–H groups in total. The maximum Gasteiger partial charge on any atom is 0.586 e. The number of hydrogen-bond acceptors (Lipinski definition) is 4. The molecule has 0 spiro atoms. The number of fused-ring (bicyclic) bond motifs is 1. The van der Waals surface area contributed by atoms with Gasteiger partial charge >= 0.3 is 6.29 Å². The van der Waals surface area contributed by atoms with E-state index in [2.05, 4.69) is 14.6 Å². The lowest BCUT2D eigenvalue weighted by Crippen LogP contribution is -2.25. The van der Waals surface area contributed by atoms with Crippen LogP contribution >= 0.6 is 0 Å². The minimum Gasteiger partial charge on any atom is -0.395 e. The van der Waals surface area contributed by atoms with E-state index in [1.807, 2.05) is 58.9 Å². The quantitative estimate of drug-likeness (QED) is 0.379. The van der Waals surface area contributed by atoms with Gasteiger partial charge in [0.15, 0.2) is 17.3 Å². The maximum absolute atomic E-state index is 13.0. The van der Waals surface area contributed by atoms with Crippen molar-refractivity contribution in [3.8, 4) is 22.6 Å². The predicted octanol–water partition coefficient (Wildman–Crippen LogP) is 7.11. The van der Waals surface area contributed by atoms with Gasteiger partial charge in [-0.3, -0.25) is 4.79 Å². The van der Waals surface area contributed by atoms with Crippen molar-refractivity contribution in [3.05, 3.63) is 65.2 Å². The van der Waals surface area contributed by atoms with Crippen LogP contribution in [0, 0.1) is 19.8 Å². The van der Waals surface area contributed by atoms with Crippen LogP contribution in [0.5, 0.6) is 11.5 Å². The van der Waals surface area contributed by atoms with E-state index in [1.54, 1.807) is 19.1 Å². The number of hydrogen-bond donors (Lipinski definition) is 0. The number of halogens is 3. The second-order valence-electron chi connectivity index (χ2n) is 6.57. The fourth-order valence-corrected chi connectivity index (χ4v) is 3.04. The largest absolute Gasteiger partial charge is 0.586 e. The Bertz CT molecular complexity index is 1080. The zero-order valence-electron chi connectivity index (χ0n) is 20.3. The Balaban J connectivity index is 0.000000313. The van der Waals surface area contributed by atoms with Gasteiger partial charge in [-0.1, -0.05) is 58.0 Å². The summed E-state index contributed by atoms with van der Waals surface area (Å²) < 4.78 is 48.6. The van der Waals surface area contributed by atoms with E-state index in [-0.39, 0.29) is 22.8 Å². The summed E-state index contributed by atoms with van der Waals surface area (Å²) in [5.74, 6) is -0.707. The van der Waals surface area contributed by atoms with E-state index in [1.165, 1.54) is 20.0 Å². The van der Waals surface area contributed by atoms with E-state index in [0.717, 1.165) is 21.4 Å². The van der Waals surface area contributed by atoms with Crippen LogP contribution in [-0.2, 0) is 7.05 Å². The number of aryl methyl sites for hydroxylation is 3. The zero-order valence-corrected chi connectivity index (χ0v) is 20.3. The van der Waals surface area contributed by atoms with Gasteiger partial charge in [0.05, 0.1) is 11.3 Å². The molecule has 33 heavy (non-hydrogen) atoms. The molecule has 0 unspecified atom stereocenters. The highest BCUT2D eigenvalue weighted by molar-refractivity contribution is 5.95. The van der Waals surface area contributed by atoms with E-state index in [4.69, 9.17) is 0 Å². The average Bonchev–Trinajstić information content (AvgIpc) is 3.23. The Morgan fingerprint density at radius 3 is 2.03 bits per heavy atom. The summed E-state index contributed by atoms with van der Waals surface area (Å²) in [7, 11) is 1.47. The number of aromatic nitrogens is 2. The number of Topliss-reactive ketones (excluding diaryl/α,β-unsaturated/α-hetero) is 1. The third-order valence-electron chi connectivity index (χ3n) is 4.36. The van der Waals surface area contributed by atoms with Crippen molar-refractivity contribution in [2.24, 2.45) is 7.05 Å². The van der Waals surface area contributed by atoms with Crippen molar-refractivity contribution in [2.45, 2.75) is 54.8 Å². The van der Waals surface area contributed by atoms with E-state index < -0.39 is 12.2 Å². The van der Waals surface area contributed by atoms with Gasteiger partial charge in [0, 0.05) is 7.05 Å². The highest BCUT2D eigenvalue weighted by Crippen LogP contribution is 2.43. The minimum absolute atomic E-state index is 0.0670. The first-order valence-corrected chi connectivity index (χ1v) is 10.7. The monoisotopic (exact) mass is 464 g/mol. The molecule has 0 fully saturated rings. The Morgan fingerprint density at radius 2 is 1.55 bits per heavy atom. The second-order valence-corrected chi connectivity index (χ2v) is 6.57. The van der Waals surface area contributed by atoms with Crippen LogP contribution in [0.25, 0.3) is 11.1 Å². The van der Waals surface area contributed by atoms with E-state index in [9.17, 15) is 18.0 Å². The molecule has 0 saturated carbocycles. The first kappa shape index (κ1) is 27.7. The Morgan fingerprint density at radius 1 is 0.970 bits per heavy atom. The molecule has 1 aliphatic heterocycles. The van der Waals surface area contributed by atoms with Crippen LogP contribution in [0.1, 0.15) is 56.2 Å². The van der Waals surface area contributed by atoms with Crippen molar-refractivity contribution in [1.82, 2.24) is 9.78 Å². The molecule has 1 aromatic heterocycles. The molecule has 0 bridgehead atoms. The molecular weight excluding hydrogens is 433 g/mol. The highest BCUT2D eigenvalue weighted by Gasteiger charge is 2.43. The van der Waals surface area contributed by atoms with Crippen LogP contribution in [0.4, 0.5) is 13.2 Å². The van der Waals surface area contributed by atoms with E-state index in [0.29, 0.717) is 5.69 Å². The van der Waals surface area contributed by atoms with Gasteiger partial charge in [-0.2, -0.15) is 9.49 Å². The zero-order chi connectivity index (χ0) is 25.3. The molecule has 2 aromatic carbocycles. The second kappa shape index (κ2) is 12.1. The molecule has 2 heterocycles. The average molecular weight is 465 g/mol. The van der Waals surface area contributed by atoms with Crippen LogP contribution < -0.4 is 9.47 Å². The third kappa shape index (κ3) is 6.84. The van der Waals surface area contributed by atoms with Gasteiger partial charge in [0.25, 0.3) is 0 Å². The smallest absolute Gasteiger partial charge is 0.395 e. The molecule has 0 radical (unpaired) electrons. The minimum atomic E-state index is -3.56. The third-order valence-corrected chi connectivity index (χ3v) is 4.36.